The molecule has 1 aromatic carbocycles. The van der Waals surface area contributed by atoms with Crippen LogP contribution in [0.5, 0.6) is 0 Å². The molecule has 0 aliphatic rings. The summed E-state index contributed by atoms with van der Waals surface area (Å²) in [7, 11) is -4.50. The van der Waals surface area contributed by atoms with Crippen molar-refractivity contribution in [3.8, 4) is 0 Å². The number of hydrogen-bond acceptors (Lipinski definition) is 2. The van der Waals surface area contributed by atoms with Crippen LogP contribution in [0.3, 0.4) is 0 Å². The molecule has 0 radical (unpaired) electrons. The van der Waals surface area contributed by atoms with Gasteiger partial charge in [0.05, 0.1) is 4.90 Å². The smallest absolute Gasteiger partial charge is 0.189 e. The fourth-order valence-corrected chi connectivity index (χ4v) is 1.07. The Labute approximate surface area is 70.7 Å². The Kier molecular flexibility index (Phi) is 3.48. The summed E-state index contributed by atoms with van der Waals surface area (Å²) < 4.78 is 32.4. The molecule has 0 heterocycles. The van der Waals surface area contributed by atoms with Crippen molar-refractivity contribution in [2.24, 2.45) is 0 Å². The van der Waals surface area contributed by atoms with E-state index in [-0.39, 0.29) is 17.3 Å². The zero-order valence-corrected chi connectivity index (χ0v) is 7.03. The summed E-state index contributed by atoms with van der Waals surface area (Å²) in [4.78, 5) is -0.296. The average Bonchev–Trinajstić information content (AvgIpc) is 1.88. The lowest BCUT2D eigenvalue weighted by molar-refractivity contribution is 0.552. The van der Waals surface area contributed by atoms with Crippen molar-refractivity contribution in [3.05, 3.63) is 30.3 Å². The Morgan fingerprint density at radius 3 is 1.82 bits per heavy atom. The van der Waals surface area contributed by atoms with Crippen LogP contribution >= 0.6 is 12.4 Å². The zero-order valence-electron chi connectivity index (χ0n) is 5.40. The molecule has 1 aromatic rings. The van der Waals surface area contributed by atoms with E-state index in [9.17, 15) is 12.3 Å². The van der Waals surface area contributed by atoms with Gasteiger partial charge in [-0.05, 0) is 12.1 Å². The van der Waals surface area contributed by atoms with E-state index in [2.05, 4.69) is 0 Å². The first kappa shape index (κ1) is 10.4. The molecule has 1 rings (SSSR count). The van der Waals surface area contributed by atoms with Crippen LogP contribution in [-0.4, -0.2) is 8.42 Å². The van der Waals surface area contributed by atoms with Crippen LogP contribution in [0.2, 0.25) is 0 Å². The minimum atomic E-state index is -4.50. The molecule has 0 amide bonds. The second-order valence-corrected chi connectivity index (χ2v) is 3.10. The van der Waals surface area contributed by atoms with E-state index in [1.807, 2.05) is 0 Å². The maximum atomic E-state index is 12.1. The summed E-state index contributed by atoms with van der Waals surface area (Å²) in [5.74, 6) is 0. The van der Waals surface area contributed by atoms with E-state index in [0.717, 1.165) is 0 Å². The van der Waals surface area contributed by atoms with Gasteiger partial charge < -0.3 is 0 Å². The fourth-order valence-electron chi connectivity index (χ4n) is 0.583. The van der Waals surface area contributed by atoms with Crippen molar-refractivity contribution >= 4 is 22.6 Å². The molecule has 0 N–H and O–H groups in total. The Hall–Kier alpha value is -0.610. The first-order chi connectivity index (χ1) is 4.61. The fraction of sp³-hybridized carbons (Fsp3) is 0. The molecular formula is C6H6ClFO2S. The Morgan fingerprint density at radius 1 is 1.09 bits per heavy atom. The van der Waals surface area contributed by atoms with Gasteiger partial charge in [0.15, 0.2) is 0 Å². The highest BCUT2D eigenvalue weighted by Crippen LogP contribution is 2.09. The van der Waals surface area contributed by atoms with Gasteiger partial charge in [-0.25, -0.2) is 0 Å². The number of hydrogen-bond donors (Lipinski definition) is 0. The van der Waals surface area contributed by atoms with E-state index in [1.54, 1.807) is 6.07 Å². The molecule has 0 aliphatic carbocycles. The van der Waals surface area contributed by atoms with Gasteiger partial charge in [-0.3, -0.25) is 0 Å². The lowest BCUT2D eigenvalue weighted by Crippen LogP contribution is -1.89. The molecule has 62 valence electrons. The molecule has 0 bridgehead atoms. The van der Waals surface area contributed by atoms with Gasteiger partial charge in [0.25, 0.3) is 0 Å². The summed E-state index contributed by atoms with van der Waals surface area (Å²) in [5.41, 5.74) is 0. The van der Waals surface area contributed by atoms with Crippen molar-refractivity contribution in [2.75, 3.05) is 0 Å². The van der Waals surface area contributed by atoms with Crippen LogP contribution in [0, 0.1) is 0 Å². The Bertz CT molecular complexity index is 309. The third-order valence-electron chi connectivity index (χ3n) is 1.02. The van der Waals surface area contributed by atoms with Gasteiger partial charge >= 0.3 is 10.2 Å². The molecule has 0 saturated carbocycles. The van der Waals surface area contributed by atoms with Crippen LogP contribution < -0.4 is 0 Å². The normalized spacial score (nSPS) is 10.3. The minimum Gasteiger partial charge on any atom is -0.189 e. The van der Waals surface area contributed by atoms with E-state index >= 15 is 0 Å². The van der Waals surface area contributed by atoms with Gasteiger partial charge in [-0.15, -0.1) is 16.3 Å². The van der Waals surface area contributed by atoms with Crippen molar-refractivity contribution in [3.63, 3.8) is 0 Å². The van der Waals surface area contributed by atoms with Gasteiger partial charge in [0, 0.05) is 0 Å². The predicted octanol–water partition coefficient (Wildman–Crippen LogP) is 1.77. The van der Waals surface area contributed by atoms with E-state index in [1.165, 1.54) is 24.3 Å². The molecule has 0 atom stereocenters. The lowest BCUT2D eigenvalue weighted by atomic mass is 10.4. The summed E-state index contributed by atoms with van der Waals surface area (Å²) >= 11 is 0. The predicted molar refractivity (Wildman–Crippen MR) is 42.0 cm³/mol. The molecule has 11 heavy (non-hydrogen) atoms. The standard InChI is InChI=1S/C6H5FO2S.ClH/c7-10(8,9)6-4-2-1-3-5-6;/h1-5H;1H. The number of rotatable bonds is 1. The zero-order chi connectivity index (χ0) is 7.61. The Balaban J connectivity index is 0.000001000. The number of halogens is 2. The van der Waals surface area contributed by atoms with Crippen LogP contribution in [0.25, 0.3) is 0 Å². The van der Waals surface area contributed by atoms with Gasteiger partial charge in [-0.2, -0.15) is 8.42 Å². The summed E-state index contributed by atoms with van der Waals surface area (Å²) in [6.45, 7) is 0. The van der Waals surface area contributed by atoms with Gasteiger partial charge in [-0.1, -0.05) is 18.2 Å². The van der Waals surface area contributed by atoms with Crippen molar-refractivity contribution in [2.45, 2.75) is 4.90 Å². The van der Waals surface area contributed by atoms with Crippen LogP contribution in [0.15, 0.2) is 35.2 Å². The summed E-state index contributed by atoms with van der Waals surface area (Å²) in [5, 5.41) is 0. The highest BCUT2D eigenvalue weighted by Gasteiger charge is 2.08. The van der Waals surface area contributed by atoms with Crippen molar-refractivity contribution < 1.29 is 12.3 Å². The maximum absolute atomic E-state index is 12.1. The quantitative estimate of drug-likeness (QED) is 0.642. The van der Waals surface area contributed by atoms with E-state index < -0.39 is 10.2 Å². The molecule has 0 saturated heterocycles. The molecule has 0 aromatic heterocycles. The monoisotopic (exact) mass is 196 g/mol. The van der Waals surface area contributed by atoms with E-state index in [4.69, 9.17) is 0 Å². The minimum absolute atomic E-state index is 0. The lowest BCUT2D eigenvalue weighted by Gasteiger charge is -1.89. The van der Waals surface area contributed by atoms with Crippen LogP contribution in [0.1, 0.15) is 0 Å². The summed E-state index contributed by atoms with van der Waals surface area (Å²) in [6, 6.07) is 6.96. The third-order valence-corrected chi connectivity index (χ3v) is 1.86. The van der Waals surface area contributed by atoms with E-state index in [0.29, 0.717) is 0 Å². The van der Waals surface area contributed by atoms with Crippen LogP contribution in [0.4, 0.5) is 3.89 Å². The second kappa shape index (κ2) is 3.69. The number of benzene rings is 1. The SMILES string of the molecule is Cl.O=S(=O)(F)c1ccccc1. The van der Waals surface area contributed by atoms with Crippen molar-refractivity contribution in [1.82, 2.24) is 0 Å². The summed E-state index contributed by atoms with van der Waals surface area (Å²) in [6.07, 6.45) is 0. The maximum Gasteiger partial charge on any atom is 0.332 e. The molecular weight excluding hydrogens is 191 g/mol. The first-order valence-electron chi connectivity index (χ1n) is 2.60. The first-order valence-corrected chi connectivity index (χ1v) is 3.99. The Morgan fingerprint density at radius 2 is 1.55 bits per heavy atom. The van der Waals surface area contributed by atoms with Crippen LogP contribution in [-0.2, 0) is 10.2 Å². The van der Waals surface area contributed by atoms with Crippen molar-refractivity contribution in [1.29, 1.82) is 0 Å². The molecule has 5 heteroatoms. The molecule has 0 unspecified atom stereocenters. The highest BCUT2D eigenvalue weighted by molar-refractivity contribution is 7.86. The second-order valence-electron chi connectivity index (χ2n) is 1.75. The molecule has 2 nitrogen and oxygen atoms in total. The molecule has 0 aliphatic heterocycles. The largest absolute Gasteiger partial charge is 0.332 e. The average molecular weight is 197 g/mol. The third kappa shape index (κ3) is 2.86. The molecule has 0 spiro atoms. The van der Waals surface area contributed by atoms with Gasteiger partial charge in [0.2, 0.25) is 0 Å². The highest BCUT2D eigenvalue weighted by atomic mass is 35.5. The molecule has 0 fully saturated rings. The van der Waals surface area contributed by atoms with Gasteiger partial charge in [0.1, 0.15) is 0 Å². The topological polar surface area (TPSA) is 34.1 Å².